The molecular formula is C6H6FNO3S. The highest BCUT2D eigenvalue weighted by Crippen LogP contribution is 2.04. The van der Waals surface area contributed by atoms with E-state index in [1.807, 2.05) is 0 Å². The summed E-state index contributed by atoms with van der Waals surface area (Å²) in [5.41, 5.74) is 1.38. The van der Waals surface area contributed by atoms with Crippen LogP contribution < -0.4 is 5.64 Å². The van der Waals surface area contributed by atoms with Crippen LogP contribution in [0.1, 0.15) is 0 Å². The Hall–Kier alpha value is -0.820. The van der Waals surface area contributed by atoms with Crippen LogP contribution in [-0.4, -0.2) is 4.21 Å². The second-order valence-corrected chi connectivity index (χ2v) is 2.90. The van der Waals surface area contributed by atoms with Crippen molar-refractivity contribution >= 4 is 11.1 Å². The molecule has 1 rings (SSSR count). The largest absolute Gasteiger partial charge is 0.223 e. The Morgan fingerprint density at radius 2 is 2.00 bits per heavy atom. The fourth-order valence-electron chi connectivity index (χ4n) is 0.623. The zero-order valence-corrected chi connectivity index (χ0v) is 6.71. The fourth-order valence-corrected chi connectivity index (χ4v) is 1.19. The van der Waals surface area contributed by atoms with Gasteiger partial charge < -0.3 is 0 Å². The predicted octanol–water partition coefficient (Wildman–Crippen LogP) is 1.05. The molecule has 0 aliphatic heterocycles. The van der Waals surface area contributed by atoms with Crippen molar-refractivity contribution in [1.29, 1.82) is 0 Å². The minimum Gasteiger partial charge on any atom is -0.223 e. The maximum Gasteiger partial charge on any atom is 0.208 e. The van der Waals surface area contributed by atoms with Crippen LogP contribution in [0.4, 0.5) is 4.53 Å². The van der Waals surface area contributed by atoms with Crippen LogP contribution in [-0.2, 0) is 20.4 Å². The van der Waals surface area contributed by atoms with Gasteiger partial charge >= 0.3 is 0 Å². The van der Waals surface area contributed by atoms with E-state index < -0.39 is 11.1 Å². The first-order valence-corrected chi connectivity index (χ1v) is 4.09. The van der Waals surface area contributed by atoms with Crippen molar-refractivity contribution in [1.82, 2.24) is 5.64 Å². The van der Waals surface area contributed by atoms with Gasteiger partial charge in [0.2, 0.25) is 11.1 Å². The van der Waals surface area contributed by atoms with Crippen LogP contribution in [0.15, 0.2) is 35.2 Å². The first-order valence-electron chi connectivity index (χ1n) is 3.01. The molecule has 0 fully saturated rings. The number of hydrogen-bond acceptors (Lipinski definition) is 4. The third kappa shape index (κ3) is 2.67. The Morgan fingerprint density at radius 1 is 1.33 bits per heavy atom. The molecule has 66 valence electrons. The molecule has 0 bridgehead atoms. The normalized spacial score (nSPS) is 12.8. The minimum absolute atomic E-state index is 0.419. The van der Waals surface area contributed by atoms with Crippen molar-refractivity contribution in [3.63, 3.8) is 0 Å². The van der Waals surface area contributed by atoms with E-state index in [4.69, 9.17) is 0 Å². The summed E-state index contributed by atoms with van der Waals surface area (Å²) in [5, 5.41) is 2.87. The van der Waals surface area contributed by atoms with E-state index in [2.05, 4.69) is 9.33 Å². The van der Waals surface area contributed by atoms with E-state index >= 15 is 0 Å². The van der Waals surface area contributed by atoms with Gasteiger partial charge in [-0.25, -0.2) is 4.21 Å². The first kappa shape index (κ1) is 9.27. The van der Waals surface area contributed by atoms with E-state index in [0.717, 1.165) is 0 Å². The summed E-state index contributed by atoms with van der Waals surface area (Å²) >= 11 is -1.76. The molecule has 1 aromatic rings. The van der Waals surface area contributed by atoms with Crippen molar-refractivity contribution in [2.45, 2.75) is 4.90 Å². The Labute approximate surface area is 70.8 Å². The van der Waals surface area contributed by atoms with Gasteiger partial charge in [-0.2, -0.15) is 4.28 Å². The number of hydrogen-bond donors (Lipinski definition) is 1. The lowest BCUT2D eigenvalue weighted by molar-refractivity contribution is -0.265. The van der Waals surface area contributed by atoms with Gasteiger partial charge in [-0.3, -0.25) is 0 Å². The highest BCUT2D eigenvalue weighted by Gasteiger charge is 2.02. The van der Waals surface area contributed by atoms with Gasteiger partial charge in [-0.1, -0.05) is 23.2 Å². The van der Waals surface area contributed by atoms with Gasteiger partial charge in [0, 0.05) is 0 Å². The Morgan fingerprint density at radius 3 is 2.58 bits per heavy atom. The number of nitrogens with one attached hydrogen (secondary N) is 1. The highest BCUT2D eigenvalue weighted by atomic mass is 32.2. The molecule has 4 nitrogen and oxygen atoms in total. The van der Waals surface area contributed by atoms with Crippen LogP contribution in [0.3, 0.4) is 0 Å². The van der Waals surface area contributed by atoms with Gasteiger partial charge in [-0.05, 0) is 22.3 Å². The molecule has 0 heterocycles. The molecule has 1 atom stereocenters. The quantitative estimate of drug-likeness (QED) is 0.722. The summed E-state index contributed by atoms with van der Waals surface area (Å²) in [4.78, 5) is 0.419. The van der Waals surface area contributed by atoms with Gasteiger partial charge in [0.1, 0.15) is 0 Å². The molecule has 0 aliphatic rings. The van der Waals surface area contributed by atoms with E-state index in [9.17, 15) is 8.74 Å². The molecule has 0 amide bonds. The van der Waals surface area contributed by atoms with Crippen molar-refractivity contribution < 1.29 is 18.1 Å². The molecule has 0 aromatic heterocycles. The van der Waals surface area contributed by atoms with Gasteiger partial charge in [-0.15, -0.1) is 0 Å². The molecule has 6 heteroatoms. The molecule has 0 radical (unpaired) electrons. The number of rotatable bonds is 4. The van der Waals surface area contributed by atoms with Gasteiger partial charge in [0.05, 0.1) is 4.90 Å². The Kier molecular flexibility index (Phi) is 3.81. The lowest BCUT2D eigenvalue weighted by Gasteiger charge is -1.98. The molecule has 0 aliphatic carbocycles. The van der Waals surface area contributed by atoms with E-state index in [1.54, 1.807) is 30.3 Å². The van der Waals surface area contributed by atoms with Gasteiger partial charge in [0.25, 0.3) is 0 Å². The summed E-state index contributed by atoms with van der Waals surface area (Å²) < 4.78 is 26.2. The molecule has 1 N–H and O–H groups in total. The average molecular weight is 191 g/mol. The average Bonchev–Trinajstić information content (AvgIpc) is 2.15. The first-order chi connectivity index (χ1) is 5.84. The van der Waals surface area contributed by atoms with Crippen molar-refractivity contribution in [2.24, 2.45) is 0 Å². The summed E-state index contributed by atoms with van der Waals surface area (Å²) in [5.74, 6) is 0. The zero-order valence-electron chi connectivity index (χ0n) is 5.90. The minimum atomic E-state index is -1.76. The van der Waals surface area contributed by atoms with E-state index in [0.29, 0.717) is 4.90 Å². The van der Waals surface area contributed by atoms with Crippen molar-refractivity contribution in [3.8, 4) is 0 Å². The second-order valence-electron chi connectivity index (χ2n) is 1.79. The number of benzene rings is 1. The molecule has 0 spiro atoms. The van der Waals surface area contributed by atoms with E-state index in [-0.39, 0.29) is 0 Å². The summed E-state index contributed by atoms with van der Waals surface area (Å²) in [6.45, 7) is 0. The Balaban J connectivity index is 2.54. The van der Waals surface area contributed by atoms with Crippen LogP contribution in [0.25, 0.3) is 0 Å². The van der Waals surface area contributed by atoms with Crippen LogP contribution >= 0.6 is 0 Å². The lowest BCUT2D eigenvalue weighted by Crippen LogP contribution is -2.12. The standard InChI is InChI=1S/C6H6FNO3S/c7-10-8-11-12(9)6-4-2-1-3-5-6/h1-5,8H. The van der Waals surface area contributed by atoms with Crippen LogP contribution in [0.5, 0.6) is 0 Å². The summed E-state index contributed by atoms with van der Waals surface area (Å²) in [6, 6.07) is 8.30. The smallest absolute Gasteiger partial charge is 0.208 e. The lowest BCUT2D eigenvalue weighted by atomic mass is 10.4. The molecule has 1 unspecified atom stereocenters. The van der Waals surface area contributed by atoms with Gasteiger partial charge in [0.15, 0.2) is 0 Å². The highest BCUT2D eigenvalue weighted by molar-refractivity contribution is 7.80. The fraction of sp³-hybridized carbons (Fsp3) is 0. The predicted molar refractivity (Wildman–Crippen MR) is 39.3 cm³/mol. The maximum absolute atomic E-state index is 11.0. The van der Waals surface area contributed by atoms with Crippen LogP contribution in [0, 0.1) is 0 Å². The van der Waals surface area contributed by atoms with Crippen molar-refractivity contribution in [3.05, 3.63) is 30.3 Å². The second kappa shape index (κ2) is 4.94. The molecule has 12 heavy (non-hydrogen) atoms. The molecular weight excluding hydrogens is 185 g/mol. The third-order valence-corrected chi connectivity index (χ3v) is 1.95. The SMILES string of the molecule is O=S(ONOF)c1ccccc1. The molecule has 0 saturated heterocycles. The summed E-state index contributed by atoms with van der Waals surface area (Å²) in [7, 11) is 0. The third-order valence-electron chi connectivity index (χ3n) is 1.08. The van der Waals surface area contributed by atoms with Crippen LogP contribution in [0.2, 0.25) is 0 Å². The molecule has 1 aromatic carbocycles. The topological polar surface area (TPSA) is 47.6 Å². The monoisotopic (exact) mass is 191 g/mol. The van der Waals surface area contributed by atoms with Crippen molar-refractivity contribution in [2.75, 3.05) is 0 Å². The van der Waals surface area contributed by atoms with E-state index in [1.165, 1.54) is 5.64 Å². The summed E-state index contributed by atoms with van der Waals surface area (Å²) in [6.07, 6.45) is 0. The maximum atomic E-state index is 11.0. The Bertz CT molecular complexity index is 256. The molecule has 0 saturated carbocycles. The number of halogens is 1. The zero-order chi connectivity index (χ0) is 8.81.